The zero-order chi connectivity index (χ0) is 26.3. The lowest BCUT2D eigenvalue weighted by atomic mass is 9.98. The molecule has 36 heavy (non-hydrogen) atoms. The van der Waals surface area contributed by atoms with Crippen molar-refractivity contribution >= 4 is 21.4 Å². The van der Waals surface area contributed by atoms with Crippen molar-refractivity contribution in [2.75, 3.05) is 11.6 Å². The molecule has 0 spiro atoms. The number of halogens is 1. The zero-order valence-corrected chi connectivity index (χ0v) is 21.6. The Morgan fingerprint density at radius 3 is 2.69 bits per heavy atom. The second-order valence-corrected chi connectivity index (χ2v) is 11.9. The fourth-order valence-electron chi connectivity index (χ4n) is 3.82. The van der Waals surface area contributed by atoms with Crippen molar-refractivity contribution in [3.63, 3.8) is 0 Å². The molecule has 1 aromatic carbocycles. The summed E-state index contributed by atoms with van der Waals surface area (Å²) in [6.07, 6.45) is 12.5. The Morgan fingerprint density at radius 1 is 1.28 bits per heavy atom. The fourth-order valence-corrected chi connectivity index (χ4v) is 4.49. The van der Waals surface area contributed by atoms with E-state index in [0.29, 0.717) is 22.6 Å². The second kappa shape index (κ2) is 9.42. The molecule has 0 bridgehead atoms. The highest BCUT2D eigenvalue weighted by Gasteiger charge is 2.24. The average molecular weight is 513 g/mol. The molecule has 1 unspecified atom stereocenters. The van der Waals surface area contributed by atoms with E-state index in [9.17, 15) is 17.6 Å². The molecule has 4 rings (SSSR count). The summed E-state index contributed by atoms with van der Waals surface area (Å²) in [5.74, 6) is -0.253. The number of dihydropyridines is 1. The number of aryl methyl sites for hydroxylation is 1. The third kappa shape index (κ3) is 5.59. The van der Waals surface area contributed by atoms with Crippen LogP contribution in [-0.2, 0) is 26.6 Å². The van der Waals surface area contributed by atoms with Gasteiger partial charge in [0.2, 0.25) is 5.91 Å². The molecule has 8 nitrogen and oxygen atoms in total. The van der Waals surface area contributed by atoms with Gasteiger partial charge >= 0.3 is 0 Å². The summed E-state index contributed by atoms with van der Waals surface area (Å²) in [6, 6.07) is 2.56. The van der Waals surface area contributed by atoms with Crippen molar-refractivity contribution in [3.05, 3.63) is 88.2 Å². The van der Waals surface area contributed by atoms with Crippen LogP contribution in [-0.4, -0.2) is 36.4 Å². The van der Waals surface area contributed by atoms with Crippen LogP contribution in [0.4, 0.5) is 10.1 Å². The third-order valence-corrected chi connectivity index (χ3v) is 6.89. The van der Waals surface area contributed by atoms with Gasteiger partial charge in [-0.3, -0.25) is 9.48 Å². The van der Waals surface area contributed by atoms with E-state index in [1.165, 1.54) is 6.07 Å². The van der Waals surface area contributed by atoms with Gasteiger partial charge in [0.05, 0.1) is 34.8 Å². The number of nitrogens with zero attached hydrogens (tertiary/aromatic N) is 2. The number of amides is 1. The predicted octanol–water partition coefficient (Wildman–Crippen LogP) is 3.88. The summed E-state index contributed by atoms with van der Waals surface area (Å²) in [5, 5.41) is 10.1. The quantitative estimate of drug-likeness (QED) is 0.609. The molecule has 2 aliphatic rings. The molecule has 0 radical (unpaired) electrons. The van der Waals surface area contributed by atoms with E-state index in [0.717, 1.165) is 6.26 Å². The number of anilines is 1. The number of sulfone groups is 1. The number of allylic oxidation sites excluding steroid dienone is 2. The maximum Gasteiger partial charge on any atom is 0.228 e. The molecule has 2 heterocycles. The summed E-state index contributed by atoms with van der Waals surface area (Å²) in [5.41, 5.74) is 1.81. The van der Waals surface area contributed by atoms with E-state index in [1.54, 1.807) is 60.6 Å². The number of rotatable bonds is 6. The monoisotopic (exact) mass is 512 g/mol. The Hall–Kier alpha value is -3.66. The number of hydrogen-bond acceptors (Lipinski definition) is 6. The number of hydrogen-bond donors (Lipinski definition) is 2. The number of nitrogens with one attached hydrogen (secondary N) is 2. The number of ether oxygens (including phenoxy) is 1. The summed E-state index contributed by atoms with van der Waals surface area (Å²) in [7, 11) is -3.40. The predicted molar refractivity (Wildman–Crippen MR) is 136 cm³/mol. The largest absolute Gasteiger partial charge is 0.457 e. The van der Waals surface area contributed by atoms with Gasteiger partial charge in [0.15, 0.2) is 9.84 Å². The Kier molecular flexibility index (Phi) is 6.66. The lowest BCUT2D eigenvalue weighted by molar-refractivity contribution is -0.115. The number of aromatic nitrogens is 2. The van der Waals surface area contributed by atoms with Crippen molar-refractivity contribution in [1.82, 2.24) is 15.1 Å². The highest BCUT2D eigenvalue weighted by Crippen LogP contribution is 2.30. The number of carbonyl (C=O) groups is 1. The first kappa shape index (κ1) is 25.4. The summed E-state index contributed by atoms with van der Waals surface area (Å²) in [4.78, 5) is 12.7. The Bertz CT molecular complexity index is 1440. The highest BCUT2D eigenvalue weighted by atomic mass is 32.2. The smallest absolute Gasteiger partial charge is 0.228 e. The topological polar surface area (TPSA) is 102 Å². The molecule has 10 heteroatoms. The molecule has 1 atom stereocenters. The standard InChI is InChI=1S/C26H29FN4O4S/c1-16-10-17(11-25(32)30-18-14-29-31(15-18)26(2,3)4)21(27)13-24(16)35-23-8-9-28-22-7-6-19(12-20(22)23)36(5,33)34/h6-10,12-15,22,28H,11H2,1-5H3,(H,30,32). The van der Waals surface area contributed by atoms with Crippen molar-refractivity contribution in [2.24, 2.45) is 0 Å². The van der Waals surface area contributed by atoms with E-state index in [2.05, 4.69) is 15.7 Å². The maximum absolute atomic E-state index is 15.0. The minimum atomic E-state index is -3.40. The molecular weight excluding hydrogens is 483 g/mol. The van der Waals surface area contributed by atoms with E-state index in [-0.39, 0.29) is 40.1 Å². The SMILES string of the molecule is Cc1cc(CC(=O)Nc2cnn(C(C)(C)C)c2)c(F)cc1OC1=C2C=C(S(C)(=O)=O)C=CC2NC=C1. The van der Waals surface area contributed by atoms with E-state index >= 15 is 0 Å². The van der Waals surface area contributed by atoms with Gasteiger partial charge < -0.3 is 15.4 Å². The van der Waals surface area contributed by atoms with Crippen molar-refractivity contribution in [3.8, 4) is 5.75 Å². The van der Waals surface area contributed by atoms with Gasteiger partial charge in [-0.25, -0.2) is 12.8 Å². The van der Waals surface area contributed by atoms with E-state index in [1.807, 2.05) is 20.8 Å². The Labute approximate surface area is 210 Å². The minimum absolute atomic E-state index is 0.154. The summed E-state index contributed by atoms with van der Waals surface area (Å²) >= 11 is 0. The lowest BCUT2D eigenvalue weighted by Crippen LogP contribution is -2.30. The Balaban J connectivity index is 1.52. The molecule has 0 fully saturated rings. The van der Waals surface area contributed by atoms with Crippen molar-refractivity contribution < 1.29 is 22.3 Å². The van der Waals surface area contributed by atoms with Gasteiger partial charge in [-0.2, -0.15) is 5.10 Å². The minimum Gasteiger partial charge on any atom is -0.457 e. The van der Waals surface area contributed by atoms with Gasteiger partial charge in [0, 0.05) is 30.3 Å². The van der Waals surface area contributed by atoms with Crippen LogP contribution in [0.5, 0.6) is 5.75 Å². The highest BCUT2D eigenvalue weighted by molar-refractivity contribution is 7.94. The van der Waals surface area contributed by atoms with Crippen LogP contribution >= 0.6 is 0 Å². The first-order chi connectivity index (χ1) is 16.8. The van der Waals surface area contributed by atoms with Crippen LogP contribution < -0.4 is 15.4 Å². The molecule has 2 aromatic rings. The first-order valence-electron chi connectivity index (χ1n) is 11.4. The molecule has 2 N–H and O–H groups in total. The van der Waals surface area contributed by atoms with Gasteiger partial charge in [-0.1, -0.05) is 6.08 Å². The van der Waals surface area contributed by atoms with Crippen molar-refractivity contribution in [2.45, 2.75) is 45.7 Å². The summed E-state index contributed by atoms with van der Waals surface area (Å²) in [6.45, 7) is 7.75. The van der Waals surface area contributed by atoms with Gasteiger partial charge in [-0.05, 0) is 63.1 Å². The molecule has 190 valence electrons. The summed E-state index contributed by atoms with van der Waals surface area (Å²) < 4.78 is 46.7. The molecule has 1 aliphatic heterocycles. The van der Waals surface area contributed by atoms with Crippen LogP contribution in [0.15, 0.2) is 71.3 Å². The average Bonchev–Trinajstić information content (AvgIpc) is 3.25. The molecular formula is C26H29FN4O4S. The molecule has 1 aliphatic carbocycles. The van der Waals surface area contributed by atoms with Crippen molar-refractivity contribution in [1.29, 1.82) is 0 Å². The van der Waals surface area contributed by atoms with E-state index in [4.69, 9.17) is 4.74 Å². The van der Waals surface area contributed by atoms with Gasteiger partial charge in [0.1, 0.15) is 17.3 Å². The normalized spacial score (nSPS) is 17.4. The molecule has 0 saturated carbocycles. The zero-order valence-electron chi connectivity index (χ0n) is 20.8. The fraction of sp³-hybridized carbons (Fsp3) is 0.308. The molecule has 1 amide bonds. The van der Waals surface area contributed by atoms with E-state index < -0.39 is 15.7 Å². The lowest BCUT2D eigenvalue weighted by Gasteiger charge is -2.25. The van der Waals surface area contributed by atoms with Gasteiger partial charge in [-0.15, -0.1) is 0 Å². The number of fused-ring (bicyclic) bond motifs is 1. The first-order valence-corrected chi connectivity index (χ1v) is 13.3. The van der Waals surface area contributed by atoms with Crippen LogP contribution in [0.3, 0.4) is 0 Å². The third-order valence-electron chi connectivity index (χ3n) is 5.78. The molecule has 0 saturated heterocycles. The molecule has 1 aromatic heterocycles. The van der Waals surface area contributed by atoms with Crippen LogP contribution in [0, 0.1) is 12.7 Å². The number of carbonyl (C=O) groups excluding carboxylic acids is 1. The van der Waals surface area contributed by atoms with Crippen LogP contribution in [0.25, 0.3) is 0 Å². The van der Waals surface area contributed by atoms with Crippen LogP contribution in [0.1, 0.15) is 31.9 Å². The van der Waals surface area contributed by atoms with Gasteiger partial charge in [0.25, 0.3) is 0 Å². The van der Waals surface area contributed by atoms with Crippen LogP contribution in [0.2, 0.25) is 0 Å². The Morgan fingerprint density at radius 2 is 2.03 bits per heavy atom. The maximum atomic E-state index is 15.0. The number of benzene rings is 1. The second-order valence-electron chi connectivity index (χ2n) is 9.86.